The third-order valence-corrected chi connectivity index (χ3v) is 8.24. The molecule has 1 saturated heterocycles. The topological polar surface area (TPSA) is 89.2 Å². The van der Waals surface area contributed by atoms with E-state index in [0.29, 0.717) is 6.54 Å². The summed E-state index contributed by atoms with van der Waals surface area (Å²) in [6, 6.07) is 9.69. The van der Waals surface area contributed by atoms with E-state index in [1.165, 1.54) is 34.4 Å². The Balaban J connectivity index is 1.53. The Hall–Kier alpha value is -3.22. The van der Waals surface area contributed by atoms with E-state index in [2.05, 4.69) is 15.3 Å². The van der Waals surface area contributed by atoms with E-state index in [4.69, 9.17) is 0 Å². The van der Waals surface area contributed by atoms with E-state index >= 15 is 0 Å². The Morgan fingerprint density at radius 2 is 1.86 bits per heavy atom. The minimum absolute atomic E-state index is 0.108. The van der Waals surface area contributed by atoms with Gasteiger partial charge in [0.25, 0.3) is 10.0 Å². The molecule has 0 saturated carbocycles. The van der Waals surface area contributed by atoms with E-state index < -0.39 is 16.2 Å². The first-order valence-electron chi connectivity index (χ1n) is 11.6. The fourth-order valence-corrected chi connectivity index (χ4v) is 6.10. The van der Waals surface area contributed by atoms with Crippen molar-refractivity contribution in [1.29, 1.82) is 0 Å². The van der Waals surface area contributed by atoms with Crippen molar-refractivity contribution < 1.29 is 17.2 Å². The van der Waals surface area contributed by atoms with Crippen LogP contribution >= 0.6 is 0 Å². The molecule has 0 amide bonds. The molecule has 1 aliphatic rings. The molecule has 12 heteroatoms. The number of nitrogens with zero attached hydrogens (tertiary/aromatic N) is 7. The van der Waals surface area contributed by atoms with Gasteiger partial charge in [0.1, 0.15) is 12.0 Å². The summed E-state index contributed by atoms with van der Waals surface area (Å²) in [6.07, 6.45) is 1.89. The number of hydrogen-bond donors (Lipinski definition) is 0. The van der Waals surface area contributed by atoms with Gasteiger partial charge in [0.15, 0.2) is 0 Å². The van der Waals surface area contributed by atoms with Gasteiger partial charge in [-0.25, -0.2) is 21.9 Å². The first kappa shape index (κ1) is 24.5. The predicted molar refractivity (Wildman–Crippen MR) is 130 cm³/mol. The molecule has 0 spiro atoms. The van der Waals surface area contributed by atoms with Gasteiger partial charge in [-0.2, -0.15) is 19.3 Å². The molecule has 0 unspecified atom stereocenters. The van der Waals surface area contributed by atoms with Crippen molar-refractivity contribution in [2.45, 2.75) is 31.1 Å². The SMILES string of the molecule is Cc1cc2c(cnn2-c2ccc(F)cc2)cc1[C@@H]1CN(S(=O)(=O)c2cnn(C)n2)CCN1C[C@H](C)F. The van der Waals surface area contributed by atoms with Crippen molar-refractivity contribution in [3.05, 3.63) is 65.7 Å². The molecule has 5 rings (SSSR count). The highest BCUT2D eigenvalue weighted by molar-refractivity contribution is 7.89. The van der Waals surface area contributed by atoms with Crippen LogP contribution in [0.25, 0.3) is 16.6 Å². The quantitative estimate of drug-likeness (QED) is 0.392. The van der Waals surface area contributed by atoms with Crippen LogP contribution < -0.4 is 0 Å². The number of piperazine rings is 1. The summed E-state index contributed by atoms with van der Waals surface area (Å²) >= 11 is 0. The lowest BCUT2D eigenvalue weighted by Crippen LogP contribution is -2.51. The molecule has 0 N–H and O–H groups in total. The molecule has 0 bridgehead atoms. The molecule has 9 nitrogen and oxygen atoms in total. The number of halogens is 2. The van der Waals surface area contributed by atoms with Crippen molar-refractivity contribution in [2.75, 3.05) is 26.2 Å². The minimum atomic E-state index is -3.85. The highest BCUT2D eigenvalue weighted by atomic mass is 32.2. The van der Waals surface area contributed by atoms with Crippen LogP contribution in [-0.2, 0) is 17.1 Å². The summed E-state index contributed by atoms with van der Waals surface area (Å²) in [5, 5.41) is 13.1. The molecule has 3 heterocycles. The summed E-state index contributed by atoms with van der Waals surface area (Å²) in [5.74, 6) is -0.325. The van der Waals surface area contributed by atoms with Crippen LogP contribution in [0.1, 0.15) is 24.1 Å². The van der Waals surface area contributed by atoms with Gasteiger partial charge in [0, 0.05) is 44.7 Å². The van der Waals surface area contributed by atoms with Gasteiger partial charge in [-0.05, 0) is 61.4 Å². The number of aromatic nitrogens is 5. The molecular formula is C24H27F2N7O2S. The number of fused-ring (bicyclic) bond motifs is 1. The third kappa shape index (κ3) is 4.51. The maximum absolute atomic E-state index is 14.1. The molecule has 2 atom stereocenters. The molecule has 2 aromatic heterocycles. The molecule has 4 aromatic rings. The van der Waals surface area contributed by atoms with Crippen LogP contribution in [0.15, 0.2) is 53.8 Å². The average Bonchev–Trinajstić information content (AvgIpc) is 3.45. The lowest BCUT2D eigenvalue weighted by molar-refractivity contribution is 0.0917. The second-order valence-electron chi connectivity index (χ2n) is 9.13. The van der Waals surface area contributed by atoms with Gasteiger partial charge in [-0.15, -0.1) is 5.10 Å². The van der Waals surface area contributed by atoms with Crippen molar-refractivity contribution in [2.24, 2.45) is 7.05 Å². The Kier molecular flexibility index (Phi) is 6.35. The van der Waals surface area contributed by atoms with E-state index in [9.17, 15) is 17.2 Å². The largest absolute Gasteiger partial charge is 0.291 e. The second kappa shape index (κ2) is 9.34. The molecular weight excluding hydrogens is 488 g/mol. The van der Waals surface area contributed by atoms with E-state index in [0.717, 1.165) is 27.7 Å². The summed E-state index contributed by atoms with van der Waals surface area (Å²) in [4.78, 5) is 3.20. The van der Waals surface area contributed by atoms with E-state index in [-0.39, 0.29) is 36.5 Å². The highest BCUT2D eigenvalue weighted by Gasteiger charge is 2.37. The Labute approximate surface area is 208 Å². The van der Waals surface area contributed by atoms with Crippen molar-refractivity contribution in [3.8, 4) is 5.69 Å². The summed E-state index contributed by atoms with van der Waals surface area (Å²) < 4.78 is 57.2. The fraction of sp³-hybridized carbons (Fsp3) is 0.375. The zero-order chi connectivity index (χ0) is 25.6. The molecule has 2 aromatic carbocycles. The Bertz CT molecular complexity index is 1500. The van der Waals surface area contributed by atoms with Gasteiger partial charge in [-0.1, -0.05) is 0 Å². The van der Waals surface area contributed by atoms with Gasteiger partial charge < -0.3 is 0 Å². The van der Waals surface area contributed by atoms with Gasteiger partial charge in [-0.3, -0.25) is 4.90 Å². The molecule has 0 radical (unpaired) electrons. The maximum Gasteiger partial charge on any atom is 0.264 e. The number of sulfonamides is 1. The first-order valence-corrected chi connectivity index (χ1v) is 13.1. The van der Waals surface area contributed by atoms with Crippen molar-refractivity contribution >= 4 is 20.9 Å². The summed E-state index contributed by atoms with van der Waals surface area (Å²) in [7, 11) is -2.29. The van der Waals surface area contributed by atoms with E-state index in [1.807, 2.05) is 24.0 Å². The molecule has 1 fully saturated rings. The summed E-state index contributed by atoms with van der Waals surface area (Å²) in [5.41, 5.74) is 3.39. The maximum atomic E-state index is 14.1. The minimum Gasteiger partial charge on any atom is -0.291 e. The lowest BCUT2D eigenvalue weighted by Gasteiger charge is -2.41. The van der Waals surface area contributed by atoms with Crippen LogP contribution in [0.2, 0.25) is 0 Å². The zero-order valence-corrected chi connectivity index (χ0v) is 21.0. The zero-order valence-electron chi connectivity index (χ0n) is 20.2. The highest BCUT2D eigenvalue weighted by Crippen LogP contribution is 2.33. The fourth-order valence-electron chi connectivity index (χ4n) is 4.77. The van der Waals surface area contributed by atoms with Gasteiger partial charge >= 0.3 is 0 Å². The van der Waals surface area contributed by atoms with Crippen LogP contribution in [-0.4, -0.2) is 74.7 Å². The summed E-state index contributed by atoms with van der Waals surface area (Å²) in [6.45, 7) is 4.41. The lowest BCUT2D eigenvalue weighted by atomic mass is 9.96. The average molecular weight is 516 g/mol. The number of hydrogen-bond acceptors (Lipinski definition) is 6. The Morgan fingerprint density at radius 3 is 2.53 bits per heavy atom. The number of alkyl halides is 1. The molecule has 0 aliphatic carbocycles. The van der Waals surface area contributed by atoms with Crippen LogP contribution in [0.3, 0.4) is 0 Å². The second-order valence-corrected chi connectivity index (χ2v) is 11.0. The van der Waals surface area contributed by atoms with E-state index in [1.54, 1.807) is 30.1 Å². The molecule has 190 valence electrons. The van der Waals surface area contributed by atoms with Gasteiger partial charge in [0.2, 0.25) is 5.03 Å². The Morgan fingerprint density at radius 1 is 1.11 bits per heavy atom. The number of benzene rings is 2. The van der Waals surface area contributed by atoms with Crippen LogP contribution in [0.4, 0.5) is 8.78 Å². The monoisotopic (exact) mass is 515 g/mol. The molecule has 36 heavy (non-hydrogen) atoms. The predicted octanol–water partition coefficient (Wildman–Crippen LogP) is 3.01. The van der Waals surface area contributed by atoms with Crippen molar-refractivity contribution in [3.63, 3.8) is 0 Å². The van der Waals surface area contributed by atoms with Crippen LogP contribution in [0, 0.1) is 12.7 Å². The smallest absolute Gasteiger partial charge is 0.264 e. The van der Waals surface area contributed by atoms with Gasteiger partial charge in [0.05, 0.1) is 23.6 Å². The standard InChI is InChI=1S/C24H27F2N7O2S/c1-16-10-22-18(12-28-33(22)20-6-4-19(26)5-7-20)11-21(16)23-15-32(9-8-31(23)14-17(2)25)36(34,35)24-13-27-30(3)29-24/h4-7,10-13,17,23H,8-9,14-15H2,1-3H3/t17-,23-/m0/s1. The molecule has 1 aliphatic heterocycles. The third-order valence-electron chi connectivity index (χ3n) is 6.51. The number of aryl methyl sites for hydroxylation is 2. The van der Waals surface area contributed by atoms with Crippen molar-refractivity contribution in [1.82, 2.24) is 34.0 Å². The number of rotatable bonds is 6. The van der Waals surface area contributed by atoms with Crippen LogP contribution in [0.5, 0.6) is 0 Å². The first-order chi connectivity index (χ1) is 17.1. The normalized spacial score (nSPS) is 18.6.